The van der Waals surface area contributed by atoms with Gasteiger partial charge < -0.3 is 0 Å². The van der Waals surface area contributed by atoms with Crippen LogP contribution < -0.4 is 0 Å². The second-order valence-electron chi connectivity index (χ2n) is 50.2. The molecule has 16 aliphatic rings. The molecule has 16 rings (SSSR count). The molecule has 10 bridgehead atoms. The van der Waals surface area contributed by atoms with Crippen LogP contribution in [0.1, 0.15) is 473 Å². The predicted molar refractivity (Wildman–Crippen MR) is 467 cm³/mol. The Labute approximate surface area is 658 Å². The highest BCUT2D eigenvalue weighted by molar-refractivity contribution is 5.04. The van der Waals surface area contributed by atoms with Gasteiger partial charge in [-0.25, -0.2) is 0 Å². The minimum Gasteiger partial charge on any atom is -0.0651 e. The van der Waals surface area contributed by atoms with Crippen LogP contribution in [0.3, 0.4) is 0 Å². The molecular formula is C104H198. The van der Waals surface area contributed by atoms with Gasteiger partial charge in [0.1, 0.15) is 0 Å². The molecule has 0 radical (unpaired) electrons. The molecule has 16 fully saturated rings. The molecule has 0 spiro atoms. The van der Waals surface area contributed by atoms with Gasteiger partial charge >= 0.3 is 0 Å². The summed E-state index contributed by atoms with van der Waals surface area (Å²) in [6, 6.07) is 0. The number of hydrogen-bond acceptors (Lipinski definition) is 0. The lowest BCUT2D eigenvalue weighted by atomic mass is 9.61. The monoisotopic (exact) mass is 1450 g/mol. The molecule has 0 heteroatoms. The molecule has 0 saturated heterocycles. The first kappa shape index (κ1) is 92.9. The van der Waals surface area contributed by atoms with Crippen LogP contribution in [0.2, 0.25) is 0 Å². The van der Waals surface area contributed by atoms with Gasteiger partial charge in [0.15, 0.2) is 0 Å². The van der Waals surface area contributed by atoms with Crippen molar-refractivity contribution in [1.29, 1.82) is 0 Å². The van der Waals surface area contributed by atoms with Crippen LogP contribution in [0.5, 0.6) is 0 Å². The highest BCUT2D eigenvalue weighted by Crippen LogP contribution is 2.63. The largest absolute Gasteiger partial charge is 0.0651 e. The van der Waals surface area contributed by atoms with Crippen molar-refractivity contribution in [1.82, 2.24) is 0 Å². The summed E-state index contributed by atoms with van der Waals surface area (Å²) in [6.07, 6.45) is 53.3. The molecule has 0 aliphatic heterocycles. The Balaban J connectivity index is 0.000000182. The third-order valence-electron chi connectivity index (χ3n) is 37.6. The van der Waals surface area contributed by atoms with Crippen LogP contribution in [0.4, 0.5) is 0 Å². The molecule has 0 aromatic heterocycles. The summed E-state index contributed by atoms with van der Waals surface area (Å²) in [5.74, 6) is 22.3. The topological polar surface area (TPSA) is 0 Å². The Morgan fingerprint density at radius 2 is 0.692 bits per heavy atom. The Hall–Kier alpha value is 0. The molecule has 0 N–H and O–H groups in total. The lowest BCUT2D eigenvalue weighted by molar-refractivity contribution is 0.0660. The molecule has 16 saturated carbocycles. The van der Waals surface area contributed by atoms with E-state index in [9.17, 15) is 0 Å². The van der Waals surface area contributed by atoms with E-state index < -0.39 is 0 Å². The van der Waals surface area contributed by atoms with Crippen molar-refractivity contribution in [3.05, 3.63) is 0 Å². The molecule has 614 valence electrons. The van der Waals surface area contributed by atoms with Crippen molar-refractivity contribution in [2.24, 2.45) is 189 Å². The van der Waals surface area contributed by atoms with E-state index >= 15 is 0 Å². The summed E-state index contributed by atoms with van der Waals surface area (Å²) in [5.41, 5.74) is 6.95. The van der Waals surface area contributed by atoms with E-state index in [1.54, 1.807) is 89.9 Å². The van der Waals surface area contributed by atoms with Crippen LogP contribution in [0.15, 0.2) is 0 Å². The minimum absolute atomic E-state index is 0.526. The Morgan fingerprint density at radius 3 is 0.904 bits per heavy atom. The summed E-state index contributed by atoms with van der Waals surface area (Å²) >= 11 is 0. The number of hydrogen-bond donors (Lipinski definition) is 0. The first-order valence-corrected chi connectivity index (χ1v) is 47.7. The maximum atomic E-state index is 2.46. The number of fused-ring (bicyclic) bond motifs is 11. The first-order chi connectivity index (χ1) is 47.7. The van der Waals surface area contributed by atoms with E-state index in [2.05, 4.69) is 242 Å². The van der Waals surface area contributed by atoms with E-state index in [0.29, 0.717) is 65.0 Å². The van der Waals surface area contributed by atoms with Gasteiger partial charge in [-0.2, -0.15) is 0 Å². The average Bonchev–Trinajstić information content (AvgIpc) is 1.62. The van der Waals surface area contributed by atoms with Gasteiger partial charge in [-0.3, -0.25) is 0 Å². The quantitative estimate of drug-likeness (QED) is 0.238. The van der Waals surface area contributed by atoms with Crippen LogP contribution in [0.25, 0.3) is 0 Å². The summed E-state index contributed by atoms with van der Waals surface area (Å²) in [5, 5.41) is 0. The maximum Gasteiger partial charge on any atom is -0.0288 e. The van der Waals surface area contributed by atoms with E-state index in [-0.39, 0.29) is 0 Å². The smallest absolute Gasteiger partial charge is 0.0288 e. The van der Waals surface area contributed by atoms with Crippen LogP contribution in [-0.2, 0) is 0 Å². The Kier molecular flexibility index (Phi) is 32.7. The summed E-state index contributed by atoms with van der Waals surface area (Å²) < 4.78 is 0. The summed E-state index contributed by atoms with van der Waals surface area (Å²) in [6.45, 7) is 84.4. The Morgan fingerprint density at radius 1 is 0.317 bits per heavy atom. The second kappa shape index (κ2) is 36.6. The van der Waals surface area contributed by atoms with Gasteiger partial charge in [0.2, 0.25) is 0 Å². The Bertz CT molecular complexity index is 2340. The summed E-state index contributed by atoms with van der Waals surface area (Å²) in [4.78, 5) is 0. The van der Waals surface area contributed by atoms with E-state index in [1.807, 2.05) is 0 Å². The first-order valence-electron chi connectivity index (χ1n) is 47.7. The van der Waals surface area contributed by atoms with Crippen molar-refractivity contribution in [3.63, 3.8) is 0 Å². The zero-order chi connectivity index (χ0) is 78.6. The van der Waals surface area contributed by atoms with Gasteiger partial charge in [-0.15, -0.1) is 0 Å². The van der Waals surface area contributed by atoms with Crippen LogP contribution >= 0.6 is 0 Å². The highest BCUT2D eigenvalue weighted by Gasteiger charge is 2.54. The molecule has 0 amide bonds. The fourth-order valence-corrected chi connectivity index (χ4v) is 30.1. The highest BCUT2D eigenvalue weighted by atomic mass is 14.6. The van der Waals surface area contributed by atoms with E-state index in [0.717, 1.165) is 124 Å². The van der Waals surface area contributed by atoms with E-state index in [4.69, 9.17) is 0 Å². The molecule has 16 aliphatic carbocycles. The van der Waals surface area contributed by atoms with Gasteiger partial charge in [-0.05, 0) is 356 Å². The van der Waals surface area contributed by atoms with Gasteiger partial charge in [-0.1, -0.05) is 307 Å². The zero-order valence-electron chi connectivity index (χ0n) is 78.6. The lowest BCUT2D eigenvalue weighted by Crippen LogP contribution is -2.33. The number of rotatable bonds is 7. The van der Waals surface area contributed by atoms with Crippen LogP contribution in [0, 0.1) is 189 Å². The van der Waals surface area contributed by atoms with Gasteiger partial charge in [0.05, 0.1) is 0 Å². The second-order valence-corrected chi connectivity index (χ2v) is 50.2. The third kappa shape index (κ3) is 23.8. The van der Waals surface area contributed by atoms with Gasteiger partial charge in [0, 0.05) is 0 Å². The normalized spacial score (nSPS) is 38.7. The average molecular weight is 1450 g/mol. The van der Waals surface area contributed by atoms with Crippen LogP contribution in [-0.4, -0.2) is 0 Å². The summed E-state index contributed by atoms with van der Waals surface area (Å²) in [7, 11) is 0. The molecular weight excluding hydrogens is 1250 g/mol. The predicted octanol–water partition coefficient (Wildman–Crippen LogP) is 34.6. The molecule has 0 nitrogen and oxygen atoms in total. The third-order valence-corrected chi connectivity index (χ3v) is 37.6. The van der Waals surface area contributed by atoms with Gasteiger partial charge in [0.25, 0.3) is 0 Å². The lowest BCUT2D eigenvalue weighted by Gasteiger charge is -2.44. The molecule has 11 unspecified atom stereocenters. The molecule has 0 aromatic carbocycles. The van der Waals surface area contributed by atoms with Crippen molar-refractivity contribution in [2.45, 2.75) is 473 Å². The van der Waals surface area contributed by atoms with E-state index in [1.165, 1.54) is 141 Å². The zero-order valence-corrected chi connectivity index (χ0v) is 78.6. The van der Waals surface area contributed by atoms with Crippen molar-refractivity contribution in [3.8, 4) is 0 Å². The molecule has 104 heavy (non-hydrogen) atoms. The molecule has 0 heterocycles. The van der Waals surface area contributed by atoms with Crippen molar-refractivity contribution >= 4 is 0 Å². The molecule has 14 atom stereocenters. The fraction of sp³-hybridized carbons (Fsp3) is 1.00. The molecule has 0 aromatic rings. The van der Waals surface area contributed by atoms with Crippen molar-refractivity contribution in [2.75, 3.05) is 0 Å². The SMILES string of the molecule is CC(C)C1C(C)(C)CCC1(C)C.CC1C2CCC(C2)[C@H]1C.CCC1(C)CC(C)(C)C(C)(C)C1.CCC1C(C)(C)CCC1(C)C.CCC1CC(C)(C)C(C)(C)C1.CCC1CC(C)(C)CC(C)(C)C1.CCC1CC2CCC1C2.CCC1CC2CCC1C2.C[C@@H]1C2CCC(C2)C1(C)C.C[C@H]1CC2CCC1CC2. The fourth-order valence-electron chi connectivity index (χ4n) is 30.1. The standard InChI is InChI=1S/3C12H24.2C11H22.C10H18.4C9H16/c1-9(2)10-11(3,4)7-8-12(10,5)6;1-7-12(6)8-10(2,3)11(4,5)9-12;1-6-10-7-11(2,3)9-12(4,5)8-10;1-6-9-7-10(2,3)11(4,5)8-9;1-6-9-10(2,3)7-8-11(9,4)5;1-7-8-4-5-9(6-8)10(7,2)3;1-6-7(2)9-4-3-8(6)5-9;1-7-6-8-2-4-9(7)5-3-8;2*1-2-8-5-7-3-4-9(8)6-7/h9-10H,7-8H2,1-6H3;7-9H2,1-6H3;10H,6-9H2,1-5H3;2*9H,6-8H2,1-5H3;7-9H,4-6H2,1-3H3;6-9H,3-5H2,1-2H3;3*7-9H,2-6H2,1H3/t;;;;;7-,8?,9?;6-,7?,8?,9?;7-,8?,9?;;/m.....100../s1. The maximum absolute atomic E-state index is 2.46. The minimum atomic E-state index is 0.526. The van der Waals surface area contributed by atoms with Crippen molar-refractivity contribution < 1.29 is 0 Å².